The van der Waals surface area contributed by atoms with Gasteiger partial charge in [0.05, 0.1) is 52.9 Å². The van der Waals surface area contributed by atoms with Crippen LogP contribution in [0.15, 0.2) is 91.2 Å². The lowest BCUT2D eigenvalue weighted by Crippen LogP contribution is -2.33. The Hall–Kier alpha value is -6.10. The minimum absolute atomic E-state index is 0.0419. The molecule has 1 aliphatic rings. The summed E-state index contributed by atoms with van der Waals surface area (Å²) in [5.74, 6) is -2.58. The molecule has 0 spiro atoms. The molecule has 2 aromatic heterocycles. The molecule has 3 N–H and O–H groups in total. The fourth-order valence-electron chi connectivity index (χ4n) is 8.06. The number of fused-ring (bicyclic) bond motifs is 2. The number of hydrogen-bond donors (Lipinski definition) is 3. The fraction of sp³-hybridized carbons (Fsp3) is 0.420. The lowest BCUT2D eigenvalue weighted by molar-refractivity contribution is -0.138. The van der Waals surface area contributed by atoms with E-state index in [9.17, 15) is 43.8 Å². The van der Waals surface area contributed by atoms with Crippen LogP contribution in [0.3, 0.4) is 0 Å². The van der Waals surface area contributed by atoms with Crippen molar-refractivity contribution in [3.63, 3.8) is 0 Å². The van der Waals surface area contributed by atoms with Gasteiger partial charge < -0.3 is 33.8 Å². The summed E-state index contributed by atoms with van der Waals surface area (Å²) >= 11 is 1.36. The summed E-state index contributed by atoms with van der Waals surface area (Å²) in [5, 5.41) is 25.5. The monoisotopic (exact) mass is 924 g/mol. The summed E-state index contributed by atoms with van der Waals surface area (Å²) in [4.78, 5) is 92.1. The first kappa shape index (κ1) is 49.3. The number of carbonyl (C=O) groups excluding carboxylic acids is 5. The second kappa shape index (κ2) is 22.9. The predicted octanol–water partition coefficient (Wildman–Crippen LogP) is 6.74. The molecule has 3 aromatic carbocycles. The Labute approximate surface area is 385 Å². The predicted molar refractivity (Wildman–Crippen MR) is 249 cm³/mol. The van der Waals surface area contributed by atoms with Crippen molar-refractivity contribution in [3.8, 4) is 11.5 Å². The molecule has 16 heteroatoms. The van der Waals surface area contributed by atoms with E-state index in [4.69, 9.17) is 18.3 Å². The topological polar surface area (TPSA) is 220 Å². The number of ketones is 2. The molecule has 1 aliphatic heterocycles. The first-order chi connectivity index (χ1) is 31.7. The van der Waals surface area contributed by atoms with Crippen molar-refractivity contribution >= 4 is 63.0 Å². The molecule has 15 nitrogen and oxygen atoms in total. The van der Waals surface area contributed by atoms with Gasteiger partial charge in [0.1, 0.15) is 34.2 Å². The number of para-hydroxylation sites is 2. The van der Waals surface area contributed by atoms with Crippen LogP contribution in [0.2, 0.25) is 0 Å². The number of Topliss-reactive ketones (excluding diaryl/α,β-unsaturated/α-hetero) is 2. The number of thioether (sulfide) groups is 1. The lowest BCUT2D eigenvalue weighted by atomic mass is 9.84. The molecule has 350 valence electrons. The lowest BCUT2D eigenvalue weighted by Gasteiger charge is -2.21. The van der Waals surface area contributed by atoms with E-state index in [0.717, 1.165) is 6.42 Å². The Morgan fingerprint density at radius 2 is 1.35 bits per heavy atom. The fourth-order valence-corrected chi connectivity index (χ4v) is 9.36. The van der Waals surface area contributed by atoms with E-state index in [-0.39, 0.29) is 132 Å². The van der Waals surface area contributed by atoms with Crippen molar-refractivity contribution in [3.05, 3.63) is 116 Å². The molecule has 1 fully saturated rings. The molecule has 2 atom stereocenters. The highest BCUT2D eigenvalue weighted by atomic mass is 32.2. The van der Waals surface area contributed by atoms with Crippen LogP contribution in [0, 0.1) is 17.8 Å². The van der Waals surface area contributed by atoms with Gasteiger partial charge in [-0.15, -0.1) is 11.8 Å². The highest BCUT2D eigenvalue weighted by Gasteiger charge is 2.39. The molecule has 5 aromatic rings. The van der Waals surface area contributed by atoms with Crippen LogP contribution in [-0.2, 0) is 28.7 Å². The van der Waals surface area contributed by atoms with Crippen molar-refractivity contribution in [2.24, 2.45) is 17.8 Å². The maximum absolute atomic E-state index is 13.5. The molecular weight excluding hydrogens is 869 g/mol. The zero-order chi connectivity index (χ0) is 47.5. The van der Waals surface area contributed by atoms with Crippen LogP contribution in [0.5, 0.6) is 11.5 Å². The first-order valence-electron chi connectivity index (χ1n) is 22.2. The van der Waals surface area contributed by atoms with Gasteiger partial charge in [0.2, 0.25) is 11.8 Å². The normalized spacial score (nSPS) is 14.6. The van der Waals surface area contributed by atoms with E-state index in [1.807, 2.05) is 13.8 Å². The van der Waals surface area contributed by atoms with Gasteiger partial charge in [0.25, 0.3) is 5.91 Å². The number of amides is 3. The number of hydrogen-bond acceptors (Lipinski definition) is 14. The van der Waals surface area contributed by atoms with Crippen LogP contribution in [-0.4, -0.2) is 94.9 Å². The Morgan fingerprint density at radius 3 is 1.92 bits per heavy atom. The molecule has 1 unspecified atom stereocenters. The van der Waals surface area contributed by atoms with E-state index in [1.54, 1.807) is 36.4 Å². The summed E-state index contributed by atoms with van der Waals surface area (Å²) in [6.07, 6.45) is 1.58. The zero-order valence-electron chi connectivity index (χ0n) is 37.5. The quantitative estimate of drug-likeness (QED) is 0.0332. The van der Waals surface area contributed by atoms with Gasteiger partial charge in [-0.05, 0) is 60.7 Å². The van der Waals surface area contributed by atoms with E-state index in [1.165, 1.54) is 53.1 Å². The molecule has 0 aliphatic carbocycles. The average Bonchev–Trinajstić information content (AvgIpc) is 3.56. The van der Waals surface area contributed by atoms with Gasteiger partial charge in [-0.2, -0.15) is 0 Å². The van der Waals surface area contributed by atoms with Crippen LogP contribution >= 0.6 is 11.8 Å². The number of nitrogens with zero attached hydrogens (tertiary/aromatic N) is 1. The van der Waals surface area contributed by atoms with Gasteiger partial charge in [-0.1, -0.05) is 64.1 Å². The molecule has 1 saturated heterocycles. The summed E-state index contributed by atoms with van der Waals surface area (Å²) < 4.78 is 22.2. The second-order valence-corrected chi connectivity index (χ2v) is 18.3. The second-order valence-electron chi connectivity index (χ2n) is 17.0. The smallest absolute Gasteiger partial charge is 0.344 e. The molecule has 0 bridgehead atoms. The van der Waals surface area contributed by atoms with Crippen molar-refractivity contribution in [2.45, 2.75) is 71.0 Å². The number of likely N-dealkylation sites (tertiary alicyclic amines) is 1. The molecule has 66 heavy (non-hydrogen) atoms. The number of aromatic hydroxyl groups is 2. The maximum Gasteiger partial charge on any atom is 0.344 e. The van der Waals surface area contributed by atoms with E-state index < -0.39 is 39.8 Å². The average molecular weight is 925 g/mol. The highest BCUT2D eigenvalue weighted by Crippen LogP contribution is 2.42. The number of rotatable bonds is 24. The third kappa shape index (κ3) is 12.0. The van der Waals surface area contributed by atoms with Crippen LogP contribution < -0.4 is 16.6 Å². The van der Waals surface area contributed by atoms with Gasteiger partial charge in [-0.25, -0.2) is 9.59 Å². The Kier molecular flexibility index (Phi) is 17.1. The van der Waals surface area contributed by atoms with Crippen LogP contribution in [0.25, 0.3) is 21.9 Å². The summed E-state index contributed by atoms with van der Waals surface area (Å²) in [5.41, 5.74) is -1.65. The van der Waals surface area contributed by atoms with Crippen molar-refractivity contribution in [1.29, 1.82) is 0 Å². The molecule has 0 saturated carbocycles. The van der Waals surface area contributed by atoms with Crippen LogP contribution in [0.1, 0.15) is 92.8 Å². The Bertz CT molecular complexity index is 2570. The molecule has 3 amide bonds. The zero-order valence-corrected chi connectivity index (χ0v) is 38.4. The standard InChI is InChI=1S/C50H56N2O13S/c1-29(2)26-33(44(55)30(3)4)28-66-39-27-40(54)52(48(39)59)21-19-34(53)10-9-22-62-24-25-63-23-20-51-47(58)32-17-15-31(16-18-32)41(42-45(56)35-11-5-7-13-37(35)64-49(42)60)43-46(57)36-12-6-8-14-38(36)65-50(43)61/h5-8,11-18,29-30,33,39,41,56-57H,9-10,19-28H2,1-4H3,(H,51,58)/t33-,39?/m0/s1. The third-order valence-electron chi connectivity index (χ3n) is 11.4. The first-order valence-corrected chi connectivity index (χ1v) is 23.2. The number of ether oxygens (including phenoxy) is 2. The van der Waals surface area contributed by atoms with Gasteiger partial charge in [-0.3, -0.25) is 28.9 Å². The summed E-state index contributed by atoms with van der Waals surface area (Å²) in [6.45, 7) is 9.09. The third-order valence-corrected chi connectivity index (χ3v) is 12.8. The van der Waals surface area contributed by atoms with Gasteiger partial charge >= 0.3 is 11.3 Å². The minimum atomic E-state index is -1.35. The van der Waals surface area contributed by atoms with Crippen molar-refractivity contribution in [1.82, 2.24) is 10.2 Å². The molecular formula is C50H56N2O13S. The number of nitrogens with one attached hydrogen (secondary N) is 1. The minimum Gasteiger partial charge on any atom is -0.507 e. The Balaban J connectivity index is 0.920. The van der Waals surface area contributed by atoms with E-state index in [2.05, 4.69) is 19.2 Å². The van der Waals surface area contributed by atoms with Crippen molar-refractivity contribution in [2.75, 3.05) is 45.3 Å². The summed E-state index contributed by atoms with van der Waals surface area (Å²) in [7, 11) is 0. The number of imide groups is 1. The van der Waals surface area contributed by atoms with Crippen molar-refractivity contribution < 1.29 is 52.5 Å². The van der Waals surface area contributed by atoms with E-state index in [0.29, 0.717) is 24.7 Å². The SMILES string of the molecule is CC(C)C[C@@H](CSC1CC(=O)N(CCC(=O)CCCOCCOCCNC(=O)c2ccc(C(c3c(O)c4ccccc4oc3=O)c3c(O)c4ccccc4oc3=O)cc2)C1=O)C(=O)C(C)C. The number of benzene rings is 3. The largest absolute Gasteiger partial charge is 0.507 e. The van der Waals surface area contributed by atoms with Crippen LogP contribution in [0.4, 0.5) is 0 Å². The summed E-state index contributed by atoms with van der Waals surface area (Å²) in [6, 6.07) is 18.7. The molecule has 3 heterocycles. The van der Waals surface area contributed by atoms with Gasteiger partial charge in [0, 0.05) is 62.1 Å². The van der Waals surface area contributed by atoms with Gasteiger partial charge in [0.15, 0.2) is 0 Å². The molecule has 0 radical (unpaired) electrons. The van der Waals surface area contributed by atoms with E-state index >= 15 is 0 Å². The highest BCUT2D eigenvalue weighted by molar-refractivity contribution is 8.00. The Morgan fingerprint density at radius 1 is 0.773 bits per heavy atom. The maximum atomic E-state index is 13.5. The number of carbonyl (C=O) groups is 5. The molecule has 6 rings (SSSR count).